The molecule has 0 spiro atoms. The molecule has 0 bridgehead atoms. The Morgan fingerprint density at radius 1 is 0.465 bits per heavy atom. The zero-order chi connectivity index (χ0) is 89.8. The summed E-state index contributed by atoms with van der Waals surface area (Å²) in [4.78, 5) is 74.5. The summed E-state index contributed by atoms with van der Waals surface area (Å²) in [5.74, 6) is 3.12. The smallest absolute Gasteiger partial charge is 0.315 e. The van der Waals surface area contributed by atoms with Gasteiger partial charge in [-0.25, -0.2) is 49.7 Å². The van der Waals surface area contributed by atoms with Crippen LogP contribution in [0.3, 0.4) is 0 Å². The van der Waals surface area contributed by atoms with Crippen LogP contribution in [0.2, 0.25) is 0 Å². The number of likely N-dealkylation sites (N-methyl/N-ethyl adjacent to an activating group) is 1. The van der Waals surface area contributed by atoms with E-state index in [2.05, 4.69) is 80.5 Å². The fraction of sp³-hybridized carbons (Fsp3) is 0.326. The zero-order valence-corrected chi connectivity index (χ0v) is 81.3. The molecule has 0 radical (unpaired) electrons. The number of aliphatic hydroxyl groups is 1. The molecule has 12 aromatic heterocycles. The first kappa shape index (κ1) is 95.1. The molecule has 2 aliphatic rings. The molecule has 14 heterocycles. The third-order valence-electron chi connectivity index (χ3n) is 19.9. The van der Waals surface area contributed by atoms with Gasteiger partial charge in [0.05, 0.1) is 92.1 Å². The van der Waals surface area contributed by atoms with Crippen molar-refractivity contribution in [3.05, 3.63) is 154 Å². The summed E-state index contributed by atoms with van der Waals surface area (Å²) in [6, 6.07) is 23.6. The van der Waals surface area contributed by atoms with Gasteiger partial charge in [0.15, 0.2) is 5.90 Å². The number of aliphatic imine (C=N–C) groups is 2. The molecule has 14 aromatic rings. The first-order valence-corrected chi connectivity index (χ1v) is 53.5. The number of allylic oxidation sites excluding steroid dienone is 1. The number of carbonyl (C=O) groups is 2. The number of aromatic nitrogens is 8. The summed E-state index contributed by atoms with van der Waals surface area (Å²) in [6.07, 6.45) is 20.7. The molecule has 666 valence electrons. The van der Waals surface area contributed by atoms with Gasteiger partial charge in [0.1, 0.15) is 79.0 Å². The van der Waals surface area contributed by atoms with Crippen molar-refractivity contribution in [1.29, 1.82) is 0 Å². The molecule has 0 saturated heterocycles. The summed E-state index contributed by atoms with van der Waals surface area (Å²) < 4.78 is 60.1. The highest BCUT2D eigenvalue weighted by Gasteiger charge is 2.29. The minimum Gasteiger partial charge on any atom is -0.481 e. The monoisotopic (exact) mass is 1930 g/mol. The molecule has 12 N–H and O–H groups in total. The third-order valence-corrected chi connectivity index (χ3v) is 35.1. The summed E-state index contributed by atoms with van der Waals surface area (Å²) in [5.41, 5.74) is 42.5. The van der Waals surface area contributed by atoms with Gasteiger partial charge in [0, 0.05) is 135 Å². The number of unbranched alkanes of at least 4 members (excludes halogenated alkanes) is 4. The quantitative estimate of drug-likeness (QED) is 0.0186. The Labute approximate surface area is 779 Å². The van der Waals surface area contributed by atoms with Crippen molar-refractivity contribution in [2.24, 2.45) is 9.98 Å². The molecule has 0 saturated carbocycles. The number of ether oxygens (including phenoxy) is 1. The minimum absolute atomic E-state index is 0.0161. The number of anilines is 4. The van der Waals surface area contributed by atoms with Crippen molar-refractivity contribution in [3.8, 4) is 65.1 Å². The number of aliphatic hydroxyl groups excluding tert-OH is 1. The topological polar surface area (TPSA) is 403 Å². The number of nitrogens with two attached hydrogens (primary N) is 4. The highest BCUT2D eigenvalue weighted by molar-refractivity contribution is 7.88. The van der Waals surface area contributed by atoms with Crippen molar-refractivity contribution in [1.82, 2.24) is 60.7 Å². The molecule has 127 heavy (non-hydrogen) atoms. The summed E-state index contributed by atoms with van der Waals surface area (Å²) >= 11 is 11.8. The van der Waals surface area contributed by atoms with Crippen LogP contribution in [0, 0.1) is 0 Å². The minimum atomic E-state index is -1.17. The van der Waals surface area contributed by atoms with Crippen LogP contribution >= 0.6 is 90.7 Å². The molecule has 38 heteroatoms. The number of amides is 3. The van der Waals surface area contributed by atoms with Crippen LogP contribution < -0.4 is 38.9 Å². The van der Waals surface area contributed by atoms with Crippen molar-refractivity contribution in [2.75, 3.05) is 86.3 Å². The second kappa shape index (κ2) is 45.6. The average molecular weight is 1930 g/mol. The highest BCUT2D eigenvalue weighted by atomic mass is 32.2. The summed E-state index contributed by atoms with van der Waals surface area (Å²) in [5, 5.41) is 31.5. The molecule has 0 aliphatic carbocycles. The average Bonchev–Trinajstić information content (AvgIpc) is 1.64. The van der Waals surface area contributed by atoms with Gasteiger partial charge in [-0.3, -0.25) is 26.6 Å². The molecule has 3 amide bonds. The van der Waals surface area contributed by atoms with Gasteiger partial charge in [-0.05, 0) is 133 Å². The first-order chi connectivity index (χ1) is 61.6. The number of thiophene rings is 4. The van der Waals surface area contributed by atoms with E-state index in [-0.39, 0.29) is 25.1 Å². The van der Waals surface area contributed by atoms with Crippen LogP contribution in [0.1, 0.15) is 134 Å². The number of benzene rings is 2. The van der Waals surface area contributed by atoms with E-state index in [4.69, 9.17) is 52.7 Å². The molecular formula is C89H100N18O8S12. The predicted octanol–water partition coefficient (Wildman–Crippen LogP) is 19.7. The maximum atomic E-state index is 13.0. The van der Waals surface area contributed by atoms with E-state index in [0.717, 1.165) is 213 Å². The Bertz CT molecular complexity index is 6400. The van der Waals surface area contributed by atoms with Crippen LogP contribution in [0.4, 0.5) is 27.5 Å². The second-order valence-electron chi connectivity index (χ2n) is 29.8. The lowest BCUT2D eigenvalue weighted by Crippen LogP contribution is -2.36. The lowest BCUT2D eigenvalue weighted by molar-refractivity contribution is -0.121. The second-order valence-corrected chi connectivity index (χ2v) is 44.4. The van der Waals surface area contributed by atoms with Gasteiger partial charge in [-0.2, -0.15) is 0 Å². The van der Waals surface area contributed by atoms with E-state index in [1.54, 1.807) is 47.5 Å². The van der Waals surface area contributed by atoms with E-state index < -0.39 is 43.2 Å². The number of nitrogens with zero attached hydrogens (tertiary/aromatic N) is 11. The number of carbonyl (C=O) groups excluding carboxylic acids is 2. The highest BCUT2D eigenvalue weighted by Crippen LogP contribution is 2.48. The first-order valence-electron chi connectivity index (χ1n) is 41.5. The van der Waals surface area contributed by atoms with Crippen molar-refractivity contribution in [2.45, 2.75) is 142 Å². The van der Waals surface area contributed by atoms with Crippen LogP contribution in [-0.2, 0) is 65.8 Å². The van der Waals surface area contributed by atoms with Gasteiger partial charge in [-0.1, -0.05) is 109 Å². The van der Waals surface area contributed by atoms with Crippen molar-refractivity contribution < 1.29 is 36.3 Å². The van der Waals surface area contributed by atoms with E-state index in [1.165, 1.54) is 68.0 Å². The molecule has 4 unspecified atom stereocenters. The number of hydrogen-bond acceptors (Lipinski definition) is 31. The largest absolute Gasteiger partial charge is 0.481 e. The lowest BCUT2D eigenvalue weighted by Gasteiger charge is -2.11. The van der Waals surface area contributed by atoms with Crippen LogP contribution in [-0.4, -0.2) is 154 Å². The molecule has 2 aliphatic heterocycles. The number of hydrogen-bond donors (Lipinski definition) is 8. The number of pyridine rings is 4. The van der Waals surface area contributed by atoms with Crippen LogP contribution in [0.25, 0.3) is 117 Å². The number of nitrogens with one attached hydrogen (secondary N) is 3. The summed E-state index contributed by atoms with van der Waals surface area (Å²) in [7, 11) is -0.812. The van der Waals surface area contributed by atoms with Gasteiger partial charge >= 0.3 is 6.03 Å². The number of rotatable bonds is 34. The van der Waals surface area contributed by atoms with Gasteiger partial charge in [0.25, 0.3) is 0 Å². The zero-order valence-electron chi connectivity index (χ0n) is 71.5. The maximum Gasteiger partial charge on any atom is 0.315 e. The molecule has 26 nitrogen and oxygen atoms in total. The van der Waals surface area contributed by atoms with Crippen molar-refractivity contribution >= 4 is 232 Å². The summed E-state index contributed by atoms with van der Waals surface area (Å²) in [6.45, 7) is 14.4. The number of nitrogen functional groups attached to an aromatic ring is 4. The lowest BCUT2D eigenvalue weighted by atomic mass is 10.00. The fourth-order valence-electron chi connectivity index (χ4n) is 13.5. The Kier molecular flexibility index (Phi) is 34.2. The fourth-order valence-corrected chi connectivity index (χ4v) is 27.1. The Balaban J connectivity index is 0.000000146. The van der Waals surface area contributed by atoms with E-state index >= 15 is 0 Å². The van der Waals surface area contributed by atoms with E-state index in [9.17, 15) is 26.4 Å². The molecule has 0 fully saturated rings. The Hall–Kier alpha value is -9.52. The van der Waals surface area contributed by atoms with Crippen molar-refractivity contribution in [3.63, 3.8) is 0 Å². The number of fused-ring (bicyclic) bond motifs is 4. The SMILES string of the molecule is CCCCS(=O)c1sc2nc(-c3nccs3)cc(-c3ccc(CNC(=O)CN(C)C)cc3)c2c1N.CCCCS(=O)c1sc2nc(-c3nccs3)cc(-c3ccc(CNC(=O)NCCO)cc3)c2c1N.CCCCS(=O)c1sc2nc(-c3nccs3)cc(C3=CN=C(C)C3)c2c1N.CCCCS(=O)c1sc2nc(-c3nccs3)cc(C3=CN=C(OCCC)C3)c2c1N. The van der Waals surface area contributed by atoms with Crippen LogP contribution in [0.15, 0.2) is 158 Å². The van der Waals surface area contributed by atoms with Gasteiger partial charge < -0.3 is 53.6 Å². The van der Waals surface area contributed by atoms with E-state index in [1.807, 2.05) is 133 Å². The molecule has 2 aromatic carbocycles. The Morgan fingerprint density at radius 2 is 0.811 bits per heavy atom. The standard InChI is InChI=1S/C25H29N5O2S3.C24H27N5O3S3.C21H24N4O2S3.C19H20N4OS3/c1-4-5-12-35(32)25-22(26)21-18(13-19(29-24(21)34-25)23-27-10-11-33-23)17-8-6-16(7-9-17)14-28-20(31)15-30(2)3;1-2-3-12-35(32)23-20(25)19-17(13-18(29-22(19)34-23)21-26-9-11-33-21)16-6-4-15(5-7-16)14-28-24(31)27-8-10-30;1-3-5-9-30(26)21-18(22)17-14(13-10-16(24-12-13)27-7-4-2)11-15(25-20(17)29-21)19-23-6-8-28-19;1-3-4-7-27(24)19-16(20)15-13(12-8-11(2)22-10-12)9-14(23-18(15)26-19)17-21-5-6-25-17/h6-11,13H,4-5,12,14-15,26H2,1-3H3,(H,28,31);4-7,9,11,13,30H,2-3,8,10,12,14,25H2,1H3,(H2,27,28,31);6,8,11-12H,3-5,7,9-10,22H2,1-2H3;5-6,9-10H,3-4,7-8,20H2,1-2H3. The number of urea groups is 1. The normalized spacial score (nSPS) is 13.4. The molecule has 16 rings (SSSR count). The molecule has 4 atom stereocenters. The van der Waals surface area contributed by atoms with E-state index in [0.29, 0.717) is 96.9 Å². The predicted molar refractivity (Wildman–Crippen MR) is 536 cm³/mol. The third kappa shape index (κ3) is 23.6. The van der Waals surface area contributed by atoms with Crippen LogP contribution in [0.5, 0.6) is 0 Å². The van der Waals surface area contributed by atoms with Gasteiger partial charge in [0.2, 0.25) is 5.91 Å². The Morgan fingerprint density at radius 3 is 1.13 bits per heavy atom. The molecular weight excluding hydrogens is 1830 g/mol. The number of thiazole rings is 4. The maximum absolute atomic E-state index is 13.0. The van der Waals surface area contributed by atoms with Gasteiger partial charge in [-0.15, -0.1) is 90.7 Å².